The van der Waals surface area contributed by atoms with Crippen LogP contribution in [0, 0.1) is 6.92 Å². The van der Waals surface area contributed by atoms with Crippen molar-refractivity contribution in [2.75, 3.05) is 0 Å². The van der Waals surface area contributed by atoms with E-state index in [1.807, 2.05) is 50.2 Å². The third-order valence-corrected chi connectivity index (χ3v) is 2.97. The summed E-state index contributed by atoms with van der Waals surface area (Å²) in [5, 5.41) is 0. The molecule has 96 valence electrons. The Labute approximate surface area is 108 Å². The van der Waals surface area contributed by atoms with Gasteiger partial charge in [0, 0.05) is 6.04 Å². The first kappa shape index (κ1) is 12.7. The first-order chi connectivity index (χ1) is 8.70. The molecule has 2 rings (SSSR count). The predicted octanol–water partition coefficient (Wildman–Crippen LogP) is 3.45. The predicted molar refractivity (Wildman–Crippen MR) is 71.5 cm³/mol. The zero-order valence-electron chi connectivity index (χ0n) is 10.8. The number of aryl methyl sites for hydroxylation is 1. The highest BCUT2D eigenvalue weighted by molar-refractivity contribution is 5.27. The monoisotopic (exact) mass is 245 g/mol. The van der Waals surface area contributed by atoms with E-state index in [0.29, 0.717) is 0 Å². The lowest BCUT2D eigenvalue weighted by Crippen LogP contribution is -2.31. The Balaban J connectivity index is 2.17. The lowest BCUT2D eigenvalue weighted by atomic mass is 10.1. The van der Waals surface area contributed by atoms with Crippen molar-refractivity contribution < 1.29 is 9.15 Å². The molecule has 0 fully saturated rings. The van der Waals surface area contributed by atoms with Crippen LogP contribution in [0.15, 0.2) is 47.1 Å². The van der Waals surface area contributed by atoms with E-state index in [9.17, 15) is 0 Å². The van der Waals surface area contributed by atoms with E-state index < -0.39 is 0 Å². The van der Waals surface area contributed by atoms with Gasteiger partial charge in [0.25, 0.3) is 0 Å². The summed E-state index contributed by atoms with van der Waals surface area (Å²) >= 11 is 0. The molecule has 0 aliphatic heterocycles. The number of hydrogen-bond donors (Lipinski definition) is 1. The average Bonchev–Trinajstić information content (AvgIpc) is 2.91. The van der Waals surface area contributed by atoms with Crippen molar-refractivity contribution >= 4 is 0 Å². The topological polar surface area (TPSA) is 48.4 Å². The molecule has 1 aromatic carbocycles. The maximum Gasteiger partial charge on any atom is 0.171 e. The molecular formula is C15H19NO2. The molecule has 0 aliphatic carbocycles. The maximum atomic E-state index is 6.10. The second-order valence-electron chi connectivity index (χ2n) is 4.44. The minimum atomic E-state index is -0.243. The molecular weight excluding hydrogens is 226 g/mol. The summed E-state index contributed by atoms with van der Waals surface area (Å²) in [5.74, 6) is 1.58. The van der Waals surface area contributed by atoms with E-state index in [2.05, 4.69) is 0 Å². The highest BCUT2D eigenvalue weighted by atomic mass is 16.5. The van der Waals surface area contributed by atoms with Crippen molar-refractivity contribution in [3.63, 3.8) is 0 Å². The van der Waals surface area contributed by atoms with Gasteiger partial charge in [-0.2, -0.15) is 0 Å². The first-order valence-electron chi connectivity index (χ1n) is 6.23. The molecule has 0 saturated heterocycles. The fraction of sp³-hybridized carbons (Fsp3) is 0.333. The second kappa shape index (κ2) is 5.74. The highest BCUT2D eigenvalue weighted by Gasteiger charge is 2.23. The molecule has 2 unspecified atom stereocenters. The Morgan fingerprint density at radius 1 is 1.22 bits per heavy atom. The lowest BCUT2D eigenvalue weighted by Gasteiger charge is -2.22. The highest BCUT2D eigenvalue weighted by Crippen LogP contribution is 2.25. The van der Waals surface area contributed by atoms with Crippen molar-refractivity contribution in [3.8, 4) is 5.75 Å². The molecule has 1 heterocycles. The van der Waals surface area contributed by atoms with E-state index in [0.717, 1.165) is 17.9 Å². The van der Waals surface area contributed by atoms with Gasteiger partial charge in [-0.3, -0.25) is 0 Å². The zero-order chi connectivity index (χ0) is 13.0. The molecule has 1 aromatic heterocycles. The minimum Gasteiger partial charge on any atom is -0.481 e. The van der Waals surface area contributed by atoms with Crippen LogP contribution in [-0.4, -0.2) is 6.04 Å². The van der Waals surface area contributed by atoms with Crippen molar-refractivity contribution in [1.29, 1.82) is 0 Å². The van der Waals surface area contributed by atoms with Gasteiger partial charge in [-0.15, -0.1) is 0 Å². The van der Waals surface area contributed by atoms with Crippen LogP contribution in [0.1, 0.15) is 30.8 Å². The molecule has 2 aromatic rings. The molecule has 2 N–H and O–H groups in total. The normalized spacial score (nSPS) is 14.2. The van der Waals surface area contributed by atoms with E-state index >= 15 is 0 Å². The smallest absolute Gasteiger partial charge is 0.171 e. The molecule has 0 saturated carbocycles. The molecule has 0 spiro atoms. The summed E-state index contributed by atoms with van der Waals surface area (Å²) in [6, 6.07) is 11.6. The number of benzene rings is 1. The van der Waals surface area contributed by atoms with Crippen LogP contribution in [0.2, 0.25) is 0 Å². The third-order valence-electron chi connectivity index (χ3n) is 2.97. The zero-order valence-corrected chi connectivity index (χ0v) is 10.8. The summed E-state index contributed by atoms with van der Waals surface area (Å²) in [6.07, 6.45) is 2.23. The van der Waals surface area contributed by atoms with Crippen molar-refractivity contribution in [3.05, 3.63) is 54.0 Å². The summed E-state index contributed by atoms with van der Waals surface area (Å²) in [5.41, 5.74) is 7.31. The van der Waals surface area contributed by atoms with Crippen LogP contribution in [0.5, 0.6) is 5.75 Å². The molecule has 0 radical (unpaired) electrons. The number of furan rings is 1. The maximum absolute atomic E-state index is 6.10. The number of ether oxygens (including phenoxy) is 1. The van der Waals surface area contributed by atoms with E-state index in [-0.39, 0.29) is 12.1 Å². The van der Waals surface area contributed by atoms with Crippen molar-refractivity contribution in [1.82, 2.24) is 0 Å². The van der Waals surface area contributed by atoms with Gasteiger partial charge in [0.05, 0.1) is 6.26 Å². The fourth-order valence-corrected chi connectivity index (χ4v) is 1.79. The van der Waals surface area contributed by atoms with Gasteiger partial charge in [-0.1, -0.05) is 24.6 Å². The SMILES string of the molecule is CCC(N)C(Oc1ccc(C)cc1)c1ccco1. The van der Waals surface area contributed by atoms with Crippen LogP contribution in [0.4, 0.5) is 0 Å². The molecule has 3 nitrogen and oxygen atoms in total. The molecule has 0 amide bonds. The van der Waals surface area contributed by atoms with Gasteiger partial charge in [0.1, 0.15) is 11.5 Å². The summed E-state index contributed by atoms with van der Waals surface area (Å²) in [6.45, 7) is 4.09. The van der Waals surface area contributed by atoms with Gasteiger partial charge < -0.3 is 14.9 Å². The third kappa shape index (κ3) is 2.93. The largest absolute Gasteiger partial charge is 0.481 e. The van der Waals surface area contributed by atoms with Gasteiger partial charge in [0.15, 0.2) is 6.10 Å². The molecule has 2 atom stereocenters. The molecule has 0 aliphatic rings. The van der Waals surface area contributed by atoms with Crippen LogP contribution in [-0.2, 0) is 0 Å². The van der Waals surface area contributed by atoms with Crippen molar-refractivity contribution in [2.45, 2.75) is 32.4 Å². The molecule has 0 bridgehead atoms. The summed E-state index contributed by atoms with van der Waals surface area (Å²) in [7, 11) is 0. The Kier molecular flexibility index (Phi) is 4.05. The average molecular weight is 245 g/mol. The van der Waals surface area contributed by atoms with Crippen LogP contribution >= 0.6 is 0 Å². The Morgan fingerprint density at radius 3 is 2.50 bits per heavy atom. The summed E-state index contributed by atoms with van der Waals surface area (Å²) in [4.78, 5) is 0. The van der Waals surface area contributed by atoms with Gasteiger partial charge in [-0.25, -0.2) is 0 Å². The van der Waals surface area contributed by atoms with Crippen LogP contribution in [0.25, 0.3) is 0 Å². The van der Waals surface area contributed by atoms with E-state index in [4.69, 9.17) is 14.9 Å². The first-order valence-corrected chi connectivity index (χ1v) is 6.23. The fourth-order valence-electron chi connectivity index (χ4n) is 1.79. The lowest BCUT2D eigenvalue weighted by molar-refractivity contribution is 0.144. The van der Waals surface area contributed by atoms with Crippen molar-refractivity contribution in [2.24, 2.45) is 5.73 Å². The number of rotatable bonds is 5. The van der Waals surface area contributed by atoms with Crippen LogP contribution < -0.4 is 10.5 Å². The quantitative estimate of drug-likeness (QED) is 0.877. The Morgan fingerprint density at radius 2 is 1.94 bits per heavy atom. The second-order valence-corrected chi connectivity index (χ2v) is 4.44. The minimum absolute atomic E-state index is 0.0857. The Bertz CT molecular complexity index is 462. The Hall–Kier alpha value is -1.74. The molecule has 18 heavy (non-hydrogen) atoms. The standard InChI is InChI=1S/C15H19NO2/c1-3-13(16)15(14-5-4-10-17-14)18-12-8-6-11(2)7-9-12/h4-10,13,15H,3,16H2,1-2H3. The number of hydrogen-bond acceptors (Lipinski definition) is 3. The van der Waals surface area contributed by atoms with E-state index in [1.165, 1.54) is 5.56 Å². The van der Waals surface area contributed by atoms with Gasteiger partial charge >= 0.3 is 0 Å². The molecule has 3 heteroatoms. The van der Waals surface area contributed by atoms with Gasteiger partial charge in [0.2, 0.25) is 0 Å². The van der Waals surface area contributed by atoms with E-state index in [1.54, 1.807) is 6.26 Å². The summed E-state index contributed by atoms with van der Waals surface area (Å²) < 4.78 is 11.4. The number of nitrogens with two attached hydrogens (primary N) is 1. The van der Waals surface area contributed by atoms with Crippen LogP contribution in [0.3, 0.4) is 0 Å². The van der Waals surface area contributed by atoms with Gasteiger partial charge in [-0.05, 0) is 37.6 Å².